The van der Waals surface area contributed by atoms with Crippen LogP contribution in [0.25, 0.3) is 0 Å². The van der Waals surface area contributed by atoms with E-state index in [2.05, 4.69) is 22.4 Å². The molecule has 1 atom stereocenters. The van der Waals surface area contributed by atoms with Gasteiger partial charge in [-0.25, -0.2) is 8.42 Å². The van der Waals surface area contributed by atoms with E-state index in [0.717, 1.165) is 32.4 Å². The molecule has 2 fully saturated rings. The average molecular weight is 299 g/mol. The van der Waals surface area contributed by atoms with Crippen molar-refractivity contribution in [1.29, 1.82) is 0 Å². The summed E-state index contributed by atoms with van der Waals surface area (Å²) in [6, 6.07) is 0. The number of hydrogen-bond donors (Lipinski definition) is 1. The topological polar surface area (TPSA) is 85.1 Å². The summed E-state index contributed by atoms with van der Waals surface area (Å²) in [4.78, 5) is 4.55. The van der Waals surface area contributed by atoms with Crippen molar-refractivity contribution in [2.45, 2.75) is 43.9 Å². The van der Waals surface area contributed by atoms with Crippen LogP contribution >= 0.6 is 0 Å². The Kier molecular flexibility index (Phi) is 3.58. The van der Waals surface area contributed by atoms with E-state index < -0.39 is 9.84 Å². The van der Waals surface area contributed by atoms with Crippen molar-refractivity contribution in [3.63, 3.8) is 0 Å². The van der Waals surface area contributed by atoms with E-state index in [4.69, 9.17) is 4.52 Å². The molecule has 0 spiro atoms. The summed E-state index contributed by atoms with van der Waals surface area (Å²) >= 11 is 0. The average Bonchev–Trinajstić information content (AvgIpc) is 3.06. The summed E-state index contributed by atoms with van der Waals surface area (Å²) in [7, 11) is -2.91. The van der Waals surface area contributed by atoms with Crippen molar-refractivity contribution in [3.05, 3.63) is 11.7 Å². The lowest BCUT2D eigenvalue weighted by Gasteiger charge is -2.33. The van der Waals surface area contributed by atoms with Crippen LogP contribution in [0.2, 0.25) is 0 Å². The molecule has 6 nitrogen and oxygen atoms in total. The Bertz CT molecular complexity index is 575. The van der Waals surface area contributed by atoms with Gasteiger partial charge in [0.05, 0.1) is 16.9 Å². The van der Waals surface area contributed by atoms with Crippen LogP contribution < -0.4 is 5.32 Å². The Morgan fingerprint density at radius 1 is 1.40 bits per heavy atom. The maximum absolute atomic E-state index is 11.5. The molecule has 0 radical (unpaired) electrons. The van der Waals surface area contributed by atoms with Crippen LogP contribution in [0.1, 0.15) is 50.2 Å². The SMILES string of the molecule is CCC1(c2nc(C3CCS(=O)(=O)C3)no2)CCNCC1. The van der Waals surface area contributed by atoms with Gasteiger partial charge in [0.2, 0.25) is 5.89 Å². The predicted molar refractivity (Wildman–Crippen MR) is 74.4 cm³/mol. The molecule has 2 aliphatic heterocycles. The zero-order chi connectivity index (χ0) is 14.2. The Labute approximate surface area is 119 Å². The second kappa shape index (κ2) is 5.11. The van der Waals surface area contributed by atoms with Crippen LogP contribution in [0.4, 0.5) is 0 Å². The van der Waals surface area contributed by atoms with E-state index in [-0.39, 0.29) is 22.8 Å². The second-order valence-corrected chi connectivity index (χ2v) is 8.17. The molecule has 7 heteroatoms. The first kappa shape index (κ1) is 14.0. The molecule has 0 amide bonds. The third-order valence-electron chi connectivity index (χ3n) is 4.73. The van der Waals surface area contributed by atoms with Gasteiger partial charge >= 0.3 is 0 Å². The molecule has 0 aromatic carbocycles. The molecular formula is C13H21N3O3S. The standard InChI is InChI=1S/C13H21N3O3S/c1-2-13(4-6-14-7-5-13)12-15-11(16-19-12)10-3-8-20(17,18)9-10/h10,14H,2-9H2,1H3. The van der Waals surface area contributed by atoms with E-state index in [1.807, 2.05) is 0 Å². The highest BCUT2D eigenvalue weighted by atomic mass is 32.2. The fraction of sp³-hybridized carbons (Fsp3) is 0.846. The first-order valence-corrected chi connectivity index (χ1v) is 9.12. The van der Waals surface area contributed by atoms with Gasteiger partial charge in [-0.2, -0.15) is 4.98 Å². The largest absolute Gasteiger partial charge is 0.339 e. The highest BCUT2D eigenvalue weighted by Gasteiger charge is 2.39. The van der Waals surface area contributed by atoms with Gasteiger partial charge in [0.1, 0.15) is 0 Å². The van der Waals surface area contributed by atoms with E-state index in [0.29, 0.717) is 18.1 Å². The number of nitrogens with one attached hydrogen (secondary N) is 1. The van der Waals surface area contributed by atoms with Gasteiger partial charge in [0.25, 0.3) is 0 Å². The zero-order valence-electron chi connectivity index (χ0n) is 11.8. The molecule has 2 aliphatic rings. The molecule has 0 aliphatic carbocycles. The number of hydrogen-bond acceptors (Lipinski definition) is 6. The molecule has 1 aromatic heterocycles. The number of sulfone groups is 1. The molecular weight excluding hydrogens is 278 g/mol. The van der Waals surface area contributed by atoms with Crippen molar-refractivity contribution in [1.82, 2.24) is 15.5 Å². The summed E-state index contributed by atoms with van der Waals surface area (Å²) < 4.78 is 28.6. The van der Waals surface area contributed by atoms with E-state index >= 15 is 0 Å². The summed E-state index contributed by atoms with van der Waals surface area (Å²) in [5.41, 5.74) is -0.0338. The number of piperidine rings is 1. The third-order valence-corrected chi connectivity index (χ3v) is 6.50. The van der Waals surface area contributed by atoms with Gasteiger partial charge in [-0.1, -0.05) is 12.1 Å². The highest BCUT2D eigenvalue weighted by molar-refractivity contribution is 7.91. The molecule has 2 saturated heterocycles. The summed E-state index contributed by atoms with van der Waals surface area (Å²) in [6.07, 6.45) is 3.57. The van der Waals surface area contributed by atoms with Crippen molar-refractivity contribution < 1.29 is 12.9 Å². The van der Waals surface area contributed by atoms with Crippen molar-refractivity contribution in [3.8, 4) is 0 Å². The Balaban J connectivity index is 1.83. The fourth-order valence-corrected chi connectivity index (χ4v) is 4.98. The first-order valence-electron chi connectivity index (χ1n) is 7.30. The highest BCUT2D eigenvalue weighted by Crippen LogP contribution is 2.37. The van der Waals surface area contributed by atoms with Crippen molar-refractivity contribution >= 4 is 9.84 Å². The monoisotopic (exact) mass is 299 g/mol. The maximum atomic E-state index is 11.5. The molecule has 1 N–H and O–H groups in total. The number of aromatic nitrogens is 2. The number of nitrogens with zero attached hydrogens (tertiary/aromatic N) is 2. The minimum atomic E-state index is -2.91. The lowest BCUT2D eigenvalue weighted by Crippen LogP contribution is -2.39. The minimum Gasteiger partial charge on any atom is -0.339 e. The van der Waals surface area contributed by atoms with Crippen LogP contribution in [0.3, 0.4) is 0 Å². The number of rotatable bonds is 3. The van der Waals surface area contributed by atoms with Gasteiger partial charge in [0, 0.05) is 5.92 Å². The fourth-order valence-electron chi connectivity index (χ4n) is 3.24. The van der Waals surface area contributed by atoms with Gasteiger partial charge in [0.15, 0.2) is 15.7 Å². The van der Waals surface area contributed by atoms with Gasteiger partial charge in [-0.15, -0.1) is 0 Å². The first-order chi connectivity index (χ1) is 9.55. The minimum absolute atomic E-state index is 0.0338. The molecule has 20 heavy (non-hydrogen) atoms. The van der Waals surface area contributed by atoms with Crippen LogP contribution in [0, 0.1) is 0 Å². The quantitative estimate of drug-likeness (QED) is 0.896. The normalized spacial score (nSPS) is 28.6. The maximum Gasteiger partial charge on any atom is 0.232 e. The van der Waals surface area contributed by atoms with E-state index in [9.17, 15) is 8.42 Å². The predicted octanol–water partition coefficient (Wildman–Crippen LogP) is 1.00. The summed E-state index contributed by atoms with van der Waals surface area (Å²) in [6.45, 7) is 4.07. The van der Waals surface area contributed by atoms with Gasteiger partial charge in [-0.3, -0.25) is 0 Å². The Morgan fingerprint density at radius 2 is 2.15 bits per heavy atom. The molecule has 0 bridgehead atoms. The van der Waals surface area contributed by atoms with E-state index in [1.54, 1.807) is 0 Å². The molecule has 112 valence electrons. The van der Waals surface area contributed by atoms with Crippen molar-refractivity contribution in [2.24, 2.45) is 0 Å². The second-order valence-electron chi connectivity index (χ2n) is 5.94. The van der Waals surface area contributed by atoms with Crippen LogP contribution in [-0.4, -0.2) is 43.2 Å². The Morgan fingerprint density at radius 3 is 2.75 bits per heavy atom. The molecule has 3 rings (SSSR count). The smallest absolute Gasteiger partial charge is 0.232 e. The molecule has 0 saturated carbocycles. The third kappa shape index (κ3) is 2.48. The lowest BCUT2D eigenvalue weighted by molar-refractivity contribution is 0.216. The van der Waals surface area contributed by atoms with Crippen LogP contribution in [0.5, 0.6) is 0 Å². The molecule has 1 aromatic rings. The van der Waals surface area contributed by atoms with Gasteiger partial charge < -0.3 is 9.84 Å². The summed E-state index contributed by atoms with van der Waals surface area (Å²) in [5, 5.41) is 7.41. The Hall–Kier alpha value is -0.950. The van der Waals surface area contributed by atoms with Crippen LogP contribution in [0.15, 0.2) is 4.52 Å². The van der Waals surface area contributed by atoms with Crippen LogP contribution in [-0.2, 0) is 15.3 Å². The zero-order valence-corrected chi connectivity index (χ0v) is 12.6. The van der Waals surface area contributed by atoms with E-state index in [1.165, 1.54) is 0 Å². The summed E-state index contributed by atoms with van der Waals surface area (Å²) in [5.74, 6) is 1.58. The van der Waals surface area contributed by atoms with Gasteiger partial charge in [-0.05, 0) is 38.8 Å². The lowest BCUT2D eigenvalue weighted by atomic mass is 9.76. The molecule has 1 unspecified atom stereocenters. The molecule has 3 heterocycles. The van der Waals surface area contributed by atoms with Crippen molar-refractivity contribution in [2.75, 3.05) is 24.6 Å².